The molecule has 0 aromatic carbocycles. The molecule has 256 valence electrons. The van der Waals surface area contributed by atoms with Gasteiger partial charge < -0.3 is 14.4 Å². The molecule has 1 fully saturated rings. The monoisotopic (exact) mass is 618 g/mol. The van der Waals surface area contributed by atoms with E-state index in [4.69, 9.17) is 9.47 Å². The Bertz CT molecular complexity index is 674. The first-order valence-electron chi connectivity index (χ1n) is 18.9. The maximum atomic E-state index is 12.3. The summed E-state index contributed by atoms with van der Waals surface area (Å²) in [6, 6.07) is 0. The average molecular weight is 618 g/mol. The number of esters is 2. The summed E-state index contributed by atoms with van der Waals surface area (Å²) < 4.78 is 11.3. The van der Waals surface area contributed by atoms with Crippen LogP contribution in [0, 0.1) is 11.8 Å². The number of hydrogen-bond acceptors (Lipinski definition) is 5. The van der Waals surface area contributed by atoms with Gasteiger partial charge in [-0.05, 0) is 71.3 Å². The van der Waals surface area contributed by atoms with Crippen LogP contribution in [0.3, 0.4) is 0 Å². The zero-order chi connectivity index (χ0) is 31.9. The highest BCUT2D eigenvalue weighted by molar-refractivity contribution is 5.69. The molecule has 0 spiro atoms. The Labute approximate surface area is 273 Å². The maximum absolute atomic E-state index is 12.3. The zero-order valence-corrected chi connectivity index (χ0v) is 29.3. The van der Waals surface area contributed by atoms with Gasteiger partial charge in [-0.3, -0.25) is 9.59 Å². The molecule has 1 heterocycles. The van der Waals surface area contributed by atoms with Crippen LogP contribution in [0.15, 0.2) is 24.3 Å². The molecule has 0 aromatic heterocycles. The lowest BCUT2D eigenvalue weighted by Crippen LogP contribution is -2.25. The summed E-state index contributed by atoms with van der Waals surface area (Å²) in [5.74, 6) is 0.308. The Balaban J connectivity index is 2.01. The first kappa shape index (κ1) is 40.4. The topological polar surface area (TPSA) is 55.8 Å². The van der Waals surface area contributed by atoms with Crippen LogP contribution in [-0.4, -0.2) is 50.2 Å². The lowest BCUT2D eigenvalue weighted by molar-refractivity contribution is -0.149. The highest BCUT2D eigenvalue weighted by Gasteiger charge is 2.32. The van der Waals surface area contributed by atoms with Crippen LogP contribution in [0.5, 0.6) is 0 Å². The summed E-state index contributed by atoms with van der Waals surface area (Å²) in [5, 5.41) is 0. The Hall–Kier alpha value is -1.62. The van der Waals surface area contributed by atoms with Gasteiger partial charge >= 0.3 is 11.9 Å². The van der Waals surface area contributed by atoms with Gasteiger partial charge in [0.1, 0.15) is 0 Å². The number of allylic oxidation sites excluding steroid dienone is 4. The number of carbonyl (C=O) groups is 2. The van der Waals surface area contributed by atoms with Crippen molar-refractivity contribution in [2.45, 2.75) is 168 Å². The number of carbonyl (C=O) groups excluding carboxylic acids is 2. The minimum absolute atomic E-state index is 0.0836. The van der Waals surface area contributed by atoms with Gasteiger partial charge in [0.25, 0.3) is 0 Å². The fraction of sp³-hybridized carbons (Fsp3) is 0.846. The maximum Gasteiger partial charge on any atom is 0.305 e. The first-order chi connectivity index (χ1) is 21.6. The number of unbranched alkanes of at least 4 members (excludes halogenated alkanes) is 18. The molecule has 1 aliphatic rings. The van der Waals surface area contributed by atoms with E-state index < -0.39 is 0 Å². The fourth-order valence-corrected chi connectivity index (χ4v) is 6.07. The van der Waals surface area contributed by atoms with Gasteiger partial charge in [-0.25, -0.2) is 0 Å². The summed E-state index contributed by atoms with van der Waals surface area (Å²) in [6.07, 6.45) is 37.2. The highest BCUT2D eigenvalue weighted by Crippen LogP contribution is 2.24. The molecular weight excluding hydrogens is 546 g/mol. The van der Waals surface area contributed by atoms with E-state index in [2.05, 4.69) is 50.1 Å². The number of rotatable bonds is 30. The van der Waals surface area contributed by atoms with E-state index in [1.165, 1.54) is 116 Å². The standard InChI is InChI=1S/C39H71NO4/c1-4-6-8-10-12-14-16-18-20-22-24-26-28-30-38(41)43-34-36-32-40(3)33-37(36)35-44-39(42)31-29-27-25-23-21-19-17-15-13-11-9-7-5-2/h14-17,36-37H,4-13,18-35H2,1-3H3/b16-14-,17-15-. The molecule has 5 nitrogen and oxygen atoms in total. The molecule has 44 heavy (non-hydrogen) atoms. The van der Waals surface area contributed by atoms with Crippen LogP contribution in [0.4, 0.5) is 0 Å². The second-order valence-electron chi connectivity index (χ2n) is 13.4. The van der Waals surface area contributed by atoms with Crippen molar-refractivity contribution in [1.29, 1.82) is 0 Å². The Morgan fingerprint density at radius 2 is 0.841 bits per heavy atom. The first-order valence-corrected chi connectivity index (χ1v) is 18.9. The summed E-state index contributed by atoms with van der Waals surface area (Å²) in [4.78, 5) is 26.9. The molecule has 1 saturated heterocycles. The van der Waals surface area contributed by atoms with E-state index in [0.717, 1.165) is 38.8 Å². The largest absolute Gasteiger partial charge is 0.465 e. The van der Waals surface area contributed by atoms with Crippen LogP contribution < -0.4 is 0 Å². The second-order valence-corrected chi connectivity index (χ2v) is 13.4. The normalized spacial score (nSPS) is 17.2. The van der Waals surface area contributed by atoms with Crippen molar-refractivity contribution >= 4 is 11.9 Å². The molecule has 0 aliphatic carbocycles. The lowest BCUT2D eigenvalue weighted by Gasteiger charge is -2.18. The predicted octanol–water partition coefficient (Wildman–Crippen LogP) is 10.8. The smallest absolute Gasteiger partial charge is 0.305 e. The molecule has 0 radical (unpaired) electrons. The average Bonchev–Trinajstić information content (AvgIpc) is 3.38. The summed E-state index contributed by atoms with van der Waals surface area (Å²) in [6.45, 7) is 7.15. The van der Waals surface area contributed by atoms with E-state index >= 15 is 0 Å². The van der Waals surface area contributed by atoms with Crippen molar-refractivity contribution in [3.05, 3.63) is 24.3 Å². The van der Waals surface area contributed by atoms with Gasteiger partial charge in [0.05, 0.1) is 13.2 Å². The third-order valence-corrected chi connectivity index (χ3v) is 8.96. The molecular formula is C39H71NO4. The molecule has 1 aliphatic heterocycles. The lowest BCUT2D eigenvalue weighted by atomic mass is 9.98. The quantitative estimate of drug-likeness (QED) is 0.0456. The van der Waals surface area contributed by atoms with Crippen LogP contribution in [-0.2, 0) is 19.1 Å². The molecule has 0 amide bonds. The predicted molar refractivity (Wildman–Crippen MR) is 187 cm³/mol. The van der Waals surface area contributed by atoms with Gasteiger partial charge in [0, 0.05) is 37.8 Å². The van der Waals surface area contributed by atoms with Gasteiger partial charge in [-0.2, -0.15) is 0 Å². The number of hydrogen-bond donors (Lipinski definition) is 0. The minimum Gasteiger partial charge on any atom is -0.465 e. The van der Waals surface area contributed by atoms with E-state index in [1.54, 1.807) is 0 Å². The number of nitrogens with zero attached hydrogens (tertiary/aromatic N) is 1. The third kappa shape index (κ3) is 24.7. The molecule has 2 unspecified atom stereocenters. The third-order valence-electron chi connectivity index (χ3n) is 8.96. The molecule has 0 N–H and O–H groups in total. The van der Waals surface area contributed by atoms with Crippen LogP contribution in [0.1, 0.15) is 168 Å². The molecule has 0 bridgehead atoms. The molecule has 2 atom stereocenters. The van der Waals surface area contributed by atoms with E-state index in [1.807, 2.05) is 0 Å². The van der Waals surface area contributed by atoms with Crippen molar-refractivity contribution in [3.63, 3.8) is 0 Å². The molecule has 5 heteroatoms. The Kier molecular flexibility index (Phi) is 27.6. The van der Waals surface area contributed by atoms with E-state index in [-0.39, 0.29) is 23.8 Å². The van der Waals surface area contributed by atoms with Gasteiger partial charge in [-0.15, -0.1) is 0 Å². The van der Waals surface area contributed by atoms with Crippen molar-refractivity contribution in [1.82, 2.24) is 4.90 Å². The highest BCUT2D eigenvalue weighted by atomic mass is 16.5. The van der Waals surface area contributed by atoms with E-state index in [0.29, 0.717) is 26.1 Å². The van der Waals surface area contributed by atoms with Crippen molar-refractivity contribution in [2.24, 2.45) is 11.8 Å². The minimum atomic E-state index is -0.0836. The number of likely N-dealkylation sites (tertiary alicyclic amines) is 1. The molecule has 0 aromatic rings. The van der Waals surface area contributed by atoms with Crippen molar-refractivity contribution in [3.8, 4) is 0 Å². The summed E-state index contributed by atoms with van der Waals surface area (Å²) in [7, 11) is 2.09. The van der Waals surface area contributed by atoms with Crippen LogP contribution in [0.2, 0.25) is 0 Å². The molecule has 0 saturated carbocycles. The molecule has 1 rings (SSSR count). The summed E-state index contributed by atoms with van der Waals surface area (Å²) >= 11 is 0. The van der Waals surface area contributed by atoms with Gasteiger partial charge in [-0.1, -0.05) is 115 Å². The van der Waals surface area contributed by atoms with Gasteiger partial charge in [0.15, 0.2) is 0 Å². The summed E-state index contributed by atoms with van der Waals surface area (Å²) in [5.41, 5.74) is 0. The van der Waals surface area contributed by atoms with Crippen molar-refractivity contribution < 1.29 is 19.1 Å². The second kappa shape index (κ2) is 30.1. The van der Waals surface area contributed by atoms with Crippen LogP contribution in [0.25, 0.3) is 0 Å². The zero-order valence-electron chi connectivity index (χ0n) is 29.3. The Morgan fingerprint density at radius 1 is 0.523 bits per heavy atom. The fourth-order valence-electron chi connectivity index (χ4n) is 6.07. The van der Waals surface area contributed by atoms with Crippen molar-refractivity contribution in [2.75, 3.05) is 33.4 Å². The Morgan fingerprint density at radius 3 is 1.20 bits per heavy atom. The SMILES string of the molecule is CCCCCC/C=C\CCCCCCCC(=O)OCC1CN(C)CC1COC(=O)CCCCCCC/C=C\CCCCCC. The van der Waals surface area contributed by atoms with Gasteiger partial charge in [0.2, 0.25) is 0 Å². The van der Waals surface area contributed by atoms with E-state index in [9.17, 15) is 9.59 Å². The number of ether oxygens (including phenoxy) is 2. The van der Waals surface area contributed by atoms with Crippen LogP contribution >= 0.6 is 0 Å².